The van der Waals surface area contributed by atoms with Gasteiger partial charge in [0.05, 0.1) is 0 Å². The van der Waals surface area contributed by atoms with Crippen molar-refractivity contribution in [1.82, 2.24) is 4.98 Å². The van der Waals surface area contributed by atoms with E-state index < -0.39 is 0 Å². The predicted molar refractivity (Wildman–Crippen MR) is 80.3 cm³/mol. The minimum absolute atomic E-state index is 0.480. The highest BCUT2D eigenvalue weighted by Gasteiger charge is 2.01. The van der Waals surface area contributed by atoms with Gasteiger partial charge in [-0.15, -0.1) is 0 Å². The summed E-state index contributed by atoms with van der Waals surface area (Å²) in [5.41, 5.74) is 1.88. The Labute approximate surface area is 116 Å². The van der Waals surface area contributed by atoms with Crippen LogP contribution < -0.4 is 10.6 Å². The number of rotatable bonds is 2. The van der Waals surface area contributed by atoms with E-state index in [1.54, 1.807) is 6.20 Å². The van der Waals surface area contributed by atoms with Crippen LogP contribution in [0.4, 0.5) is 11.5 Å². The van der Waals surface area contributed by atoms with E-state index >= 15 is 0 Å². The summed E-state index contributed by atoms with van der Waals surface area (Å²) in [6.45, 7) is 1.95. The zero-order chi connectivity index (χ0) is 13.0. The molecule has 0 aliphatic rings. The molecule has 2 N–H and O–H groups in total. The molecule has 0 bridgehead atoms. The Morgan fingerprint density at radius 3 is 2.72 bits per heavy atom. The summed E-state index contributed by atoms with van der Waals surface area (Å²) < 4.78 is 0. The normalized spacial score (nSPS) is 9.89. The Hall–Kier alpha value is -1.65. The number of anilines is 2. The van der Waals surface area contributed by atoms with E-state index in [0.29, 0.717) is 16.0 Å². The molecule has 0 saturated carbocycles. The predicted octanol–water partition coefficient (Wildman–Crippen LogP) is 3.85. The molecule has 0 atom stereocenters. The number of thiocarbonyl (C=S) groups is 1. The van der Waals surface area contributed by atoms with Gasteiger partial charge < -0.3 is 10.6 Å². The maximum atomic E-state index is 6.04. The first-order chi connectivity index (χ1) is 8.65. The van der Waals surface area contributed by atoms with E-state index in [1.165, 1.54) is 0 Å². The second kappa shape index (κ2) is 5.80. The van der Waals surface area contributed by atoms with Gasteiger partial charge in [-0.05, 0) is 49.0 Å². The summed E-state index contributed by atoms with van der Waals surface area (Å²) in [6, 6.07) is 11.3. The quantitative estimate of drug-likeness (QED) is 0.818. The lowest BCUT2D eigenvalue weighted by Gasteiger charge is -2.10. The van der Waals surface area contributed by atoms with Crippen LogP contribution in [0.15, 0.2) is 42.6 Å². The molecule has 2 rings (SSSR count). The van der Waals surface area contributed by atoms with Gasteiger partial charge in [-0.25, -0.2) is 4.98 Å². The molecule has 0 radical (unpaired) electrons. The molecule has 1 aromatic carbocycles. The van der Waals surface area contributed by atoms with Gasteiger partial charge >= 0.3 is 0 Å². The number of hydrogen-bond acceptors (Lipinski definition) is 2. The number of benzene rings is 1. The van der Waals surface area contributed by atoms with Crippen molar-refractivity contribution in [3.63, 3.8) is 0 Å². The third-order valence-corrected chi connectivity index (χ3v) is 2.95. The number of pyridine rings is 1. The first kappa shape index (κ1) is 12.8. The average Bonchev–Trinajstić information content (AvgIpc) is 2.35. The molecule has 0 spiro atoms. The number of aryl methyl sites for hydroxylation is 1. The SMILES string of the molecule is Cc1ccc(NC(=S)Nc2ccccn2)cc1Cl. The van der Waals surface area contributed by atoms with Gasteiger partial charge in [0.25, 0.3) is 0 Å². The van der Waals surface area contributed by atoms with Crippen molar-refractivity contribution in [3.8, 4) is 0 Å². The third-order valence-electron chi connectivity index (χ3n) is 2.34. The fraction of sp³-hybridized carbons (Fsp3) is 0.0769. The summed E-state index contributed by atoms with van der Waals surface area (Å²) >= 11 is 11.2. The van der Waals surface area contributed by atoms with Crippen LogP contribution in [0, 0.1) is 6.92 Å². The molecule has 1 heterocycles. The van der Waals surface area contributed by atoms with Gasteiger partial charge in [-0.2, -0.15) is 0 Å². The lowest BCUT2D eigenvalue weighted by Crippen LogP contribution is -2.19. The molecular formula is C13H12ClN3S. The monoisotopic (exact) mass is 277 g/mol. The van der Waals surface area contributed by atoms with Crippen LogP contribution in [0.5, 0.6) is 0 Å². The van der Waals surface area contributed by atoms with E-state index in [1.807, 2.05) is 43.3 Å². The lowest BCUT2D eigenvalue weighted by atomic mass is 10.2. The number of aromatic nitrogens is 1. The molecule has 5 heteroatoms. The molecule has 92 valence electrons. The van der Waals surface area contributed by atoms with E-state index in [4.69, 9.17) is 23.8 Å². The molecule has 2 aromatic rings. The van der Waals surface area contributed by atoms with Crippen LogP contribution in [-0.2, 0) is 0 Å². The summed E-state index contributed by atoms with van der Waals surface area (Å²) in [4.78, 5) is 4.13. The van der Waals surface area contributed by atoms with Gasteiger partial charge in [-0.1, -0.05) is 23.7 Å². The van der Waals surface area contributed by atoms with Crippen molar-refractivity contribution in [2.24, 2.45) is 0 Å². The van der Waals surface area contributed by atoms with Crippen molar-refractivity contribution in [2.45, 2.75) is 6.92 Å². The molecule has 0 fully saturated rings. The topological polar surface area (TPSA) is 37.0 Å². The largest absolute Gasteiger partial charge is 0.332 e. The van der Waals surface area contributed by atoms with Crippen LogP contribution in [0.2, 0.25) is 5.02 Å². The Bertz CT molecular complexity index is 557. The van der Waals surface area contributed by atoms with Crippen LogP contribution in [-0.4, -0.2) is 10.1 Å². The van der Waals surface area contributed by atoms with E-state index in [-0.39, 0.29) is 0 Å². The van der Waals surface area contributed by atoms with Gasteiger partial charge in [-0.3, -0.25) is 0 Å². The molecule has 3 nitrogen and oxygen atoms in total. The van der Waals surface area contributed by atoms with Crippen molar-refractivity contribution in [2.75, 3.05) is 10.6 Å². The van der Waals surface area contributed by atoms with Gasteiger partial charge in [0.2, 0.25) is 0 Å². The Morgan fingerprint density at radius 1 is 1.22 bits per heavy atom. The highest BCUT2D eigenvalue weighted by Crippen LogP contribution is 2.20. The maximum Gasteiger partial charge on any atom is 0.176 e. The second-order valence-electron chi connectivity index (χ2n) is 3.76. The van der Waals surface area contributed by atoms with E-state index in [2.05, 4.69) is 15.6 Å². The number of nitrogens with zero attached hydrogens (tertiary/aromatic N) is 1. The first-order valence-electron chi connectivity index (χ1n) is 5.40. The smallest absolute Gasteiger partial charge is 0.176 e. The molecule has 0 amide bonds. The first-order valence-corrected chi connectivity index (χ1v) is 6.19. The van der Waals surface area contributed by atoms with Crippen molar-refractivity contribution in [3.05, 3.63) is 53.2 Å². The fourth-order valence-corrected chi connectivity index (χ4v) is 1.79. The minimum atomic E-state index is 0.480. The van der Waals surface area contributed by atoms with Crippen molar-refractivity contribution < 1.29 is 0 Å². The Kier molecular flexibility index (Phi) is 4.12. The molecule has 0 aliphatic heterocycles. The van der Waals surface area contributed by atoms with Gasteiger partial charge in [0, 0.05) is 16.9 Å². The number of hydrogen-bond donors (Lipinski definition) is 2. The number of halogens is 1. The lowest BCUT2D eigenvalue weighted by molar-refractivity contribution is 1.32. The molecule has 0 saturated heterocycles. The van der Waals surface area contributed by atoms with Crippen LogP contribution in [0.1, 0.15) is 5.56 Å². The standard InChI is InChI=1S/C13H12ClN3S/c1-9-5-6-10(8-11(9)14)16-13(18)17-12-4-2-3-7-15-12/h2-8H,1H3,(H2,15,16,17,18). The summed E-state index contributed by atoms with van der Waals surface area (Å²) in [5, 5.41) is 7.23. The zero-order valence-electron chi connectivity index (χ0n) is 9.77. The average molecular weight is 278 g/mol. The number of nitrogens with one attached hydrogen (secondary N) is 2. The van der Waals surface area contributed by atoms with Crippen LogP contribution in [0.3, 0.4) is 0 Å². The Morgan fingerprint density at radius 2 is 2.06 bits per heavy atom. The third kappa shape index (κ3) is 3.42. The maximum absolute atomic E-state index is 6.04. The van der Waals surface area contributed by atoms with Crippen molar-refractivity contribution >= 4 is 40.4 Å². The molecule has 0 unspecified atom stereocenters. The highest BCUT2D eigenvalue weighted by atomic mass is 35.5. The highest BCUT2D eigenvalue weighted by molar-refractivity contribution is 7.80. The van der Waals surface area contributed by atoms with Gasteiger partial charge in [0.15, 0.2) is 5.11 Å². The molecule has 0 aliphatic carbocycles. The molecular weight excluding hydrogens is 266 g/mol. The molecule has 1 aromatic heterocycles. The summed E-state index contributed by atoms with van der Waals surface area (Å²) in [7, 11) is 0. The van der Waals surface area contributed by atoms with E-state index in [0.717, 1.165) is 11.3 Å². The Balaban J connectivity index is 2.01. The second-order valence-corrected chi connectivity index (χ2v) is 4.57. The van der Waals surface area contributed by atoms with Gasteiger partial charge in [0.1, 0.15) is 5.82 Å². The summed E-state index contributed by atoms with van der Waals surface area (Å²) in [5.74, 6) is 0.702. The fourth-order valence-electron chi connectivity index (χ4n) is 1.39. The minimum Gasteiger partial charge on any atom is -0.332 e. The summed E-state index contributed by atoms with van der Waals surface area (Å²) in [6.07, 6.45) is 1.70. The van der Waals surface area contributed by atoms with Crippen LogP contribution >= 0.6 is 23.8 Å². The van der Waals surface area contributed by atoms with E-state index in [9.17, 15) is 0 Å². The zero-order valence-corrected chi connectivity index (χ0v) is 11.3. The van der Waals surface area contributed by atoms with Crippen molar-refractivity contribution in [1.29, 1.82) is 0 Å². The van der Waals surface area contributed by atoms with Crippen LogP contribution in [0.25, 0.3) is 0 Å². The molecule has 18 heavy (non-hydrogen) atoms.